The summed E-state index contributed by atoms with van der Waals surface area (Å²) in [7, 11) is 0. The van der Waals surface area contributed by atoms with Crippen molar-refractivity contribution >= 4 is 23.2 Å². The third-order valence-corrected chi connectivity index (χ3v) is 5.27. The summed E-state index contributed by atoms with van der Waals surface area (Å²) in [5.41, 5.74) is 13.9. The van der Waals surface area contributed by atoms with Gasteiger partial charge in [0.25, 0.3) is 11.8 Å². The van der Waals surface area contributed by atoms with Crippen molar-refractivity contribution in [2.24, 2.45) is 11.5 Å². The van der Waals surface area contributed by atoms with Gasteiger partial charge in [0, 0.05) is 18.2 Å². The van der Waals surface area contributed by atoms with Gasteiger partial charge in [0.15, 0.2) is 11.5 Å². The number of amides is 1. The van der Waals surface area contributed by atoms with Gasteiger partial charge in [-0.2, -0.15) is 0 Å². The lowest BCUT2D eigenvalue weighted by molar-refractivity contribution is -0.0554. The number of nitrogens with zero attached hydrogens (tertiary/aromatic N) is 2. The normalized spacial score (nSPS) is 22.7. The number of nitrogens with two attached hydrogens (primary N) is 2. The van der Waals surface area contributed by atoms with E-state index in [0.29, 0.717) is 31.7 Å². The summed E-state index contributed by atoms with van der Waals surface area (Å²) in [5, 5.41) is 5.97. The minimum absolute atomic E-state index is 0.0504. The van der Waals surface area contributed by atoms with Crippen molar-refractivity contribution in [3.8, 4) is 0 Å². The number of carbonyl (C=O) groups is 1. The van der Waals surface area contributed by atoms with Gasteiger partial charge in [-0.1, -0.05) is 6.07 Å². The zero-order valence-electron chi connectivity index (χ0n) is 15.6. The molecule has 1 aromatic carbocycles. The Morgan fingerprint density at radius 1 is 1.28 bits per heavy atom. The van der Waals surface area contributed by atoms with Crippen LogP contribution in [0.15, 0.2) is 24.4 Å². The molecule has 2 aromatic rings. The van der Waals surface area contributed by atoms with Crippen molar-refractivity contribution in [3.05, 3.63) is 41.2 Å². The summed E-state index contributed by atoms with van der Waals surface area (Å²) in [6.45, 7) is 1.07. The van der Waals surface area contributed by atoms with Gasteiger partial charge in [-0.15, -0.1) is 0 Å². The summed E-state index contributed by atoms with van der Waals surface area (Å²) >= 11 is 0. The Balaban J connectivity index is 1.58. The number of nitrogens with one attached hydrogen (secondary N) is 2. The van der Waals surface area contributed by atoms with E-state index in [2.05, 4.69) is 20.6 Å². The first-order chi connectivity index (χ1) is 13.8. The molecule has 10 heteroatoms. The van der Waals surface area contributed by atoms with Crippen molar-refractivity contribution < 1.29 is 18.3 Å². The van der Waals surface area contributed by atoms with Crippen LogP contribution in [0.25, 0.3) is 0 Å². The van der Waals surface area contributed by atoms with E-state index in [4.69, 9.17) is 16.2 Å². The van der Waals surface area contributed by atoms with Crippen LogP contribution >= 0.6 is 0 Å². The standard InChI is InChI=1S/C19H22F2N6O2/c20-19(21)5-1-2-13(16(19)22)26-14-7-24-15(17(23)28)18(27-14)25-12-4-3-10-8-29-9-11(10)6-12/h3-4,6-7,13,16H,1-2,5,8-9,22H2,(H2,23,28)(H2,25,26,27)/t13-,16-/m1/s1. The quantitative estimate of drug-likeness (QED) is 0.602. The fourth-order valence-electron chi connectivity index (χ4n) is 3.66. The number of anilines is 3. The van der Waals surface area contributed by atoms with E-state index >= 15 is 0 Å². The molecule has 1 saturated carbocycles. The molecule has 0 unspecified atom stereocenters. The van der Waals surface area contributed by atoms with Gasteiger partial charge in [0.1, 0.15) is 5.82 Å². The largest absolute Gasteiger partial charge is 0.372 e. The molecule has 0 saturated heterocycles. The minimum atomic E-state index is -2.94. The first-order valence-corrected chi connectivity index (χ1v) is 9.37. The molecule has 6 N–H and O–H groups in total. The highest BCUT2D eigenvalue weighted by atomic mass is 19.3. The Labute approximate surface area is 166 Å². The van der Waals surface area contributed by atoms with Gasteiger partial charge in [0.2, 0.25) is 0 Å². The number of hydrogen-bond acceptors (Lipinski definition) is 7. The third-order valence-electron chi connectivity index (χ3n) is 5.27. The maximum absolute atomic E-state index is 13.9. The van der Waals surface area contributed by atoms with E-state index < -0.39 is 23.9 Å². The number of aromatic nitrogens is 2. The van der Waals surface area contributed by atoms with Gasteiger partial charge < -0.3 is 26.8 Å². The van der Waals surface area contributed by atoms with Crippen molar-refractivity contribution in [2.75, 3.05) is 10.6 Å². The monoisotopic (exact) mass is 404 g/mol. The molecule has 8 nitrogen and oxygen atoms in total. The fourth-order valence-corrected chi connectivity index (χ4v) is 3.66. The maximum atomic E-state index is 13.9. The Hall–Kier alpha value is -2.85. The highest BCUT2D eigenvalue weighted by molar-refractivity contribution is 5.96. The zero-order chi connectivity index (χ0) is 20.6. The van der Waals surface area contributed by atoms with Crippen LogP contribution in [0.2, 0.25) is 0 Å². The number of halogens is 2. The summed E-state index contributed by atoms with van der Waals surface area (Å²) in [4.78, 5) is 20.2. The highest BCUT2D eigenvalue weighted by Crippen LogP contribution is 2.34. The predicted molar refractivity (Wildman–Crippen MR) is 103 cm³/mol. The Bertz CT molecular complexity index is 939. The molecule has 1 fully saturated rings. The summed E-state index contributed by atoms with van der Waals surface area (Å²) < 4.78 is 33.2. The van der Waals surface area contributed by atoms with E-state index in [0.717, 1.165) is 11.1 Å². The lowest BCUT2D eigenvalue weighted by Crippen LogP contribution is -2.55. The first kappa shape index (κ1) is 19.5. The SMILES string of the molecule is NC(=O)c1ncc(N[C@@H]2CCCC(F)(F)[C@@H]2N)nc1Nc1ccc2c(c1)COC2. The van der Waals surface area contributed by atoms with E-state index in [-0.39, 0.29) is 23.8 Å². The van der Waals surface area contributed by atoms with Gasteiger partial charge in [0.05, 0.1) is 25.5 Å². The molecule has 0 spiro atoms. The predicted octanol–water partition coefficient (Wildman–Crippen LogP) is 2.28. The van der Waals surface area contributed by atoms with E-state index in [9.17, 15) is 13.6 Å². The number of benzene rings is 1. The number of alkyl halides is 2. The molecule has 1 aromatic heterocycles. The molecular weight excluding hydrogens is 382 g/mol. The molecule has 1 amide bonds. The van der Waals surface area contributed by atoms with Crippen molar-refractivity contribution in [3.63, 3.8) is 0 Å². The van der Waals surface area contributed by atoms with Crippen LogP contribution in [-0.2, 0) is 18.0 Å². The van der Waals surface area contributed by atoms with Crippen LogP contribution in [0.3, 0.4) is 0 Å². The molecule has 2 atom stereocenters. The van der Waals surface area contributed by atoms with E-state index in [1.54, 1.807) is 0 Å². The second kappa shape index (κ2) is 7.53. The van der Waals surface area contributed by atoms with Crippen LogP contribution in [0.4, 0.5) is 26.1 Å². The summed E-state index contributed by atoms with van der Waals surface area (Å²) in [6.07, 6.45) is 1.91. The fraction of sp³-hybridized carbons (Fsp3) is 0.421. The number of hydrogen-bond donors (Lipinski definition) is 4. The number of fused-ring (bicyclic) bond motifs is 1. The summed E-state index contributed by atoms with van der Waals surface area (Å²) in [6, 6.07) is 3.66. The minimum Gasteiger partial charge on any atom is -0.372 e. The zero-order valence-corrected chi connectivity index (χ0v) is 15.6. The van der Waals surface area contributed by atoms with Gasteiger partial charge in [-0.3, -0.25) is 4.79 Å². The molecule has 0 bridgehead atoms. The Morgan fingerprint density at radius 3 is 2.86 bits per heavy atom. The smallest absolute Gasteiger partial charge is 0.271 e. The summed E-state index contributed by atoms with van der Waals surface area (Å²) in [5.74, 6) is -3.32. The number of ether oxygens (including phenoxy) is 1. The van der Waals surface area contributed by atoms with Gasteiger partial charge in [-0.05, 0) is 36.1 Å². The Kier molecular flexibility index (Phi) is 5.05. The average molecular weight is 404 g/mol. The topological polar surface area (TPSA) is 128 Å². The maximum Gasteiger partial charge on any atom is 0.271 e. The van der Waals surface area contributed by atoms with Gasteiger partial charge in [-0.25, -0.2) is 18.7 Å². The van der Waals surface area contributed by atoms with Crippen molar-refractivity contribution in [1.82, 2.24) is 9.97 Å². The van der Waals surface area contributed by atoms with Crippen LogP contribution in [-0.4, -0.2) is 33.9 Å². The first-order valence-electron chi connectivity index (χ1n) is 9.37. The molecule has 4 rings (SSSR count). The molecule has 0 radical (unpaired) electrons. The molecule has 154 valence electrons. The van der Waals surface area contributed by atoms with Crippen molar-refractivity contribution in [1.29, 1.82) is 0 Å². The second-order valence-electron chi connectivity index (χ2n) is 7.35. The van der Waals surface area contributed by atoms with Crippen LogP contribution in [0.5, 0.6) is 0 Å². The molecule has 29 heavy (non-hydrogen) atoms. The van der Waals surface area contributed by atoms with Crippen molar-refractivity contribution in [2.45, 2.75) is 50.5 Å². The van der Waals surface area contributed by atoms with Crippen LogP contribution in [0, 0.1) is 0 Å². The molecule has 2 heterocycles. The lowest BCUT2D eigenvalue weighted by Gasteiger charge is -2.36. The number of carbonyl (C=O) groups excluding carboxylic acids is 1. The average Bonchev–Trinajstić information content (AvgIpc) is 3.13. The molecule has 1 aliphatic carbocycles. The lowest BCUT2D eigenvalue weighted by atomic mass is 9.87. The molecule has 2 aliphatic rings. The van der Waals surface area contributed by atoms with Crippen LogP contribution in [0.1, 0.15) is 40.9 Å². The van der Waals surface area contributed by atoms with Gasteiger partial charge >= 0.3 is 0 Å². The van der Waals surface area contributed by atoms with E-state index in [1.165, 1.54) is 6.20 Å². The molecule has 1 aliphatic heterocycles. The van der Waals surface area contributed by atoms with E-state index in [1.807, 2.05) is 18.2 Å². The number of primary amides is 1. The van der Waals surface area contributed by atoms with Crippen LogP contribution < -0.4 is 22.1 Å². The Morgan fingerprint density at radius 2 is 2.07 bits per heavy atom. The highest BCUT2D eigenvalue weighted by Gasteiger charge is 2.44. The third kappa shape index (κ3) is 3.99. The number of rotatable bonds is 5. The molecular formula is C19H22F2N6O2. The second-order valence-corrected chi connectivity index (χ2v) is 7.35.